The highest BCUT2D eigenvalue weighted by Crippen LogP contribution is 2.20. The van der Waals surface area contributed by atoms with Crippen LogP contribution in [0.1, 0.15) is 25.9 Å². The van der Waals surface area contributed by atoms with E-state index < -0.39 is 0 Å². The summed E-state index contributed by atoms with van der Waals surface area (Å²) in [7, 11) is 1.88. The predicted octanol–water partition coefficient (Wildman–Crippen LogP) is 0.468. The Hall–Kier alpha value is -2.17. The molecule has 0 fully saturated rings. The van der Waals surface area contributed by atoms with E-state index in [1.54, 1.807) is 6.33 Å². The van der Waals surface area contributed by atoms with Crippen LogP contribution >= 0.6 is 11.3 Å². The first-order valence-electron chi connectivity index (χ1n) is 6.52. The Morgan fingerprint density at radius 1 is 1.57 bits per heavy atom. The molecule has 0 unspecified atom stereocenters. The first kappa shape index (κ1) is 15.2. The minimum atomic E-state index is -0.0916. The lowest BCUT2D eigenvalue weighted by atomic mass is 10.2. The Bertz CT molecular complexity index is 692. The molecule has 0 aromatic carbocycles. The van der Waals surface area contributed by atoms with Crippen molar-refractivity contribution >= 4 is 17.2 Å². The fourth-order valence-corrected chi connectivity index (χ4v) is 2.72. The van der Waals surface area contributed by atoms with Crippen molar-refractivity contribution in [2.24, 2.45) is 12.8 Å². The maximum absolute atomic E-state index is 12.1. The Kier molecular flexibility index (Phi) is 5.09. The van der Waals surface area contributed by atoms with Gasteiger partial charge in [-0.15, -0.1) is 21.5 Å². The summed E-state index contributed by atoms with van der Waals surface area (Å²) in [5.74, 6) is 6.53. The van der Waals surface area contributed by atoms with Crippen LogP contribution in [0, 0.1) is 18.8 Å². The molecule has 0 aliphatic rings. The van der Waals surface area contributed by atoms with E-state index >= 15 is 0 Å². The standard InChI is InChI=1S/C14H17N5OS/c1-10-8-12(21-11(10)4-3-6-15)14(20)16-7-5-13-18-17-9-19(13)2/h8-9H,5-7,15H2,1-2H3,(H,16,20). The molecular formula is C14H17N5OS. The van der Waals surface area contributed by atoms with Gasteiger partial charge in [-0.1, -0.05) is 11.8 Å². The zero-order valence-corrected chi connectivity index (χ0v) is 12.8. The van der Waals surface area contributed by atoms with E-state index in [4.69, 9.17) is 5.73 Å². The quantitative estimate of drug-likeness (QED) is 0.804. The van der Waals surface area contributed by atoms with Crippen molar-refractivity contribution in [3.8, 4) is 11.8 Å². The number of hydrogen-bond donors (Lipinski definition) is 2. The van der Waals surface area contributed by atoms with Crippen molar-refractivity contribution in [2.75, 3.05) is 13.1 Å². The number of thiophene rings is 1. The van der Waals surface area contributed by atoms with Gasteiger partial charge in [-0.2, -0.15) is 0 Å². The molecule has 1 amide bonds. The minimum Gasteiger partial charge on any atom is -0.351 e. The van der Waals surface area contributed by atoms with Gasteiger partial charge in [0, 0.05) is 20.0 Å². The summed E-state index contributed by atoms with van der Waals surface area (Å²) < 4.78 is 1.84. The van der Waals surface area contributed by atoms with Crippen LogP contribution in [-0.4, -0.2) is 33.8 Å². The summed E-state index contributed by atoms with van der Waals surface area (Å²) in [6, 6.07) is 1.85. The third kappa shape index (κ3) is 3.90. The molecular weight excluding hydrogens is 286 g/mol. The number of nitrogens with one attached hydrogen (secondary N) is 1. The fourth-order valence-electron chi connectivity index (χ4n) is 1.76. The third-order valence-corrected chi connectivity index (χ3v) is 4.04. The van der Waals surface area contributed by atoms with E-state index in [2.05, 4.69) is 27.4 Å². The molecule has 21 heavy (non-hydrogen) atoms. The normalized spacial score (nSPS) is 10.0. The van der Waals surface area contributed by atoms with Gasteiger partial charge in [0.05, 0.1) is 16.3 Å². The average Bonchev–Trinajstić information content (AvgIpc) is 3.03. The molecule has 2 aromatic heterocycles. The molecule has 0 saturated heterocycles. The highest BCUT2D eigenvalue weighted by molar-refractivity contribution is 7.14. The molecule has 2 aromatic rings. The first-order valence-corrected chi connectivity index (χ1v) is 7.34. The van der Waals surface area contributed by atoms with E-state index in [-0.39, 0.29) is 5.91 Å². The molecule has 0 atom stereocenters. The molecule has 0 spiro atoms. The van der Waals surface area contributed by atoms with Crippen LogP contribution < -0.4 is 11.1 Å². The predicted molar refractivity (Wildman–Crippen MR) is 82.0 cm³/mol. The molecule has 0 aliphatic heterocycles. The van der Waals surface area contributed by atoms with Crippen molar-refractivity contribution < 1.29 is 4.79 Å². The van der Waals surface area contributed by atoms with Crippen LogP contribution in [-0.2, 0) is 13.5 Å². The number of carbonyl (C=O) groups excluding carboxylic acids is 1. The van der Waals surface area contributed by atoms with Gasteiger partial charge in [-0.3, -0.25) is 4.79 Å². The van der Waals surface area contributed by atoms with Crippen LogP contribution in [0.2, 0.25) is 0 Å². The molecule has 0 aliphatic carbocycles. The SMILES string of the molecule is Cc1cc(C(=O)NCCc2nncn2C)sc1C#CCN. The van der Waals surface area contributed by atoms with Crippen LogP contribution in [0.15, 0.2) is 12.4 Å². The largest absolute Gasteiger partial charge is 0.351 e. The highest BCUT2D eigenvalue weighted by atomic mass is 32.1. The third-order valence-electron chi connectivity index (χ3n) is 2.88. The number of nitrogens with two attached hydrogens (primary N) is 1. The van der Waals surface area contributed by atoms with Gasteiger partial charge in [-0.05, 0) is 18.6 Å². The second kappa shape index (κ2) is 7.02. The number of aryl methyl sites for hydroxylation is 2. The fraction of sp³-hybridized carbons (Fsp3) is 0.357. The summed E-state index contributed by atoms with van der Waals surface area (Å²) in [4.78, 5) is 13.6. The van der Waals surface area contributed by atoms with Gasteiger partial charge in [0.1, 0.15) is 12.2 Å². The summed E-state index contributed by atoms with van der Waals surface area (Å²) in [6.07, 6.45) is 2.29. The van der Waals surface area contributed by atoms with Gasteiger partial charge in [0.25, 0.3) is 5.91 Å². The lowest BCUT2D eigenvalue weighted by Gasteiger charge is -2.02. The summed E-state index contributed by atoms with van der Waals surface area (Å²) >= 11 is 1.38. The molecule has 0 radical (unpaired) electrons. The van der Waals surface area contributed by atoms with E-state index in [1.807, 2.05) is 24.6 Å². The Balaban J connectivity index is 1.93. The Morgan fingerprint density at radius 2 is 2.38 bits per heavy atom. The second-order valence-electron chi connectivity index (χ2n) is 4.49. The molecule has 2 heterocycles. The average molecular weight is 303 g/mol. The molecule has 3 N–H and O–H groups in total. The summed E-state index contributed by atoms with van der Waals surface area (Å²) in [5.41, 5.74) is 6.36. The van der Waals surface area contributed by atoms with E-state index in [9.17, 15) is 4.79 Å². The number of carbonyl (C=O) groups is 1. The van der Waals surface area contributed by atoms with Crippen molar-refractivity contribution in [3.05, 3.63) is 33.5 Å². The number of aromatic nitrogens is 3. The van der Waals surface area contributed by atoms with Crippen molar-refractivity contribution in [1.29, 1.82) is 0 Å². The Morgan fingerprint density at radius 3 is 3.05 bits per heavy atom. The molecule has 7 heteroatoms. The van der Waals surface area contributed by atoms with Gasteiger partial charge in [-0.25, -0.2) is 0 Å². The number of rotatable bonds is 4. The summed E-state index contributed by atoms with van der Waals surface area (Å²) in [5, 5.41) is 10.6. The zero-order valence-electron chi connectivity index (χ0n) is 12.0. The molecule has 0 saturated carbocycles. The van der Waals surface area contributed by atoms with Crippen LogP contribution in [0.5, 0.6) is 0 Å². The molecule has 110 valence electrons. The summed E-state index contributed by atoms with van der Waals surface area (Å²) in [6.45, 7) is 2.77. The Labute approximate surface area is 127 Å². The number of nitrogens with zero attached hydrogens (tertiary/aromatic N) is 3. The van der Waals surface area contributed by atoms with Gasteiger partial charge in [0.2, 0.25) is 0 Å². The maximum atomic E-state index is 12.1. The van der Waals surface area contributed by atoms with Crippen LogP contribution in [0.25, 0.3) is 0 Å². The lowest BCUT2D eigenvalue weighted by Crippen LogP contribution is -2.25. The number of hydrogen-bond acceptors (Lipinski definition) is 5. The first-order chi connectivity index (χ1) is 10.1. The smallest absolute Gasteiger partial charge is 0.261 e. The highest BCUT2D eigenvalue weighted by Gasteiger charge is 2.11. The van der Waals surface area contributed by atoms with Gasteiger partial charge in [0.15, 0.2) is 0 Å². The monoisotopic (exact) mass is 303 g/mol. The zero-order chi connectivity index (χ0) is 15.2. The van der Waals surface area contributed by atoms with E-state index in [1.165, 1.54) is 11.3 Å². The topological polar surface area (TPSA) is 85.8 Å². The molecule has 2 rings (SSSR count). The number of amides is 1. The van der Waals surface area contributed by atoms with Crippen molar-refractivity contribution in [2.45, 2.75) is 13.3 Å². The second-order valence-corrected chi connectivity index (χ2v) is 5.54. The lowest BCUT2D eigenvalue weighted by molar-refractivity contribution is 0.0958. The van der Waals surface area contributed by atoms with Gasteiger partial charge < -0.3 is 15.6 Å². The van der Waals surface area contributed by atoms with Crippen LogP contribution in [0.3, 0.4) is 0 Å². The maximum Gasteiger partial charge on any atom is 0.261 e. The minimum absolute atomic E-state index is 0.0916. The van der Waals surface area contributed by atoms with E-state index in [0.717, 1.165) is 16.3 Å². The molecule has 0 bridgehead atoms. The molecule has 6 nitrogen and oxygen atoms in total. The van der Waals surface area contributed by atoms with Crippen molar-refractivity contribution in [1.82, 2.24) is 20.1 Å². The van der Waals surface area contributed by atoms with E-state index in [0.29, 0.717) is 24.4 Å². The van der Waals surface area contributed by atoms with Crippen LogP contribution in [0.4, 0.5) is 0 Å². The van der Waals surface area contributed by atoms with Crippen molar-refractivity contribution in [3.63, 3.8) is 0 Å². The van der Waals surface area contributed by atoms with Gasteiger partial charge >= 0.3 is 0 Å².